The van der Waals surface area contributed by atoms with Crippen LogP contribution >= 0.6 is 39.3 Å². The number of carbonyl (C=O) groups excluding carboxylic acids is 3. The maximum atomic E-state index is 15.0. The number of hydrogen-bond donors (Lipinski definition) is 1. The Kier molecular flexibility index (Phi) is 10.6. The summed E-state index contributed by atoms with van der Waals surface area (Å²) >= 11 is 12.1. The van der Waals surface area contributed by atoms with Gasteiger partial charge in [-0.2, -0.15) is 0 Å². The van der Waals surface area contributed by atoms with E-state index in [-0.39, 0.29) is 46.9 Å². The highest BCUT2D eigenvalue weighted by Crippen LogP contribution is 2.68. The highest BCUT2D eigenvalue weighted by atomic mass is 79.9. The standard InChI is InChI=1S/C32H43BrClN3O4S/c1-7-13-35(14-8-2)29(39)24-25-30(40)37(21(18-38)16-19(4)5)28(32(25)17-22(33)27(24)42-32)31(41)36(15-9-3)26-20(6)11-10-12-23(26)34/h7,9-12,19,21-22,24-25,27-28,38H,1,3,8,13-18H2,2,4-6H3/t21-,22?,24-,25+,27-,28?,32?/m1/s1. The Bertz CT molecular complexity index is 1210. The van der Waals surface area contributed by atoms with Gasteiger partial charge >= 0.3 is 0 Å². The van der Waals surface area contributed by atoms with Crippen molar-refractivity contribution in [3.8, 4) is 0 Å². The third-order valence-electron chi connectivity index (χ3n) is 8.78. The number of anilines is 1. The first-order valence-electron chi connectivity index (χ1n) is 14.8. The minimum absolute atomic E-state index is 0.0458. The van der Waals surface area contributed by atoms with Crippen molar-refractivity contribution in [3.63, 3.8) is 0 Å². The number of likely N-dealkylation sites (tertiary alicyclic amines) is 1. The van der Waals surface area contributed by atoms with E-state index in [2.05, 4.69) is 29.1 Å². The largest absolute Gasteiger partial charge is 0.394 e. The summed E-state index contributed by atoms with van der Waals surface area (Å²) in [5, 5.41) is 10.9. The van der Waals surface area contributed by atoms with Crippen LogP contribution in [-0.2, 0) is 14.4 Å². The maximum absolute atomic E-state index is 15.0. The van der Waals surface area contributed by atoms with Crippen LogP contribution in [0.5, 0.6) is 0 Å². The minimum Gasteiger partial charge on any atom is -0.394 e. The van der Waals surface area contributed by atoms with Crippen molar-refractivity contribution in [1.29, 1.82) is 0 Å². The first-order valence-corrected chi connectivity index (χ1v) is 17.0. The molecule has 1 aromatic rings. The van der Waals surface area contributed by atoms with Crippen molar-refractivity contribution in [2.75, 3.05) is 31.1 Å². The molecular formula is C32H43BrClN3O4S. The average Bonchev–Trinajstić information content (AvgIpc) is 3.53. The van der Waals surface area contributed by atoms with Crippen molar-refractivity contribution in [2.45, 2.75) is 73.9 Å². The number of carbonyl (C=O) groups is 3. The fourth-order valence-electron chi connectivity index (χ4n) is 7.30. The van der Waals surface area contributed by atoms with Crippen molar-refractivity contribution in [1.82, 2.24) is 9.80 Å². The van der Waals surface area contributed by atoms with Gasteiger partial charge < -0.3 is 19.8 Å². The van der Waals surface area contributed by atoms with E-state index in [0.717, 1.165) is 12.0 Å². The zero-order valence-corrected chi connectivity index (χ0v) is 28.1. The molecule has 42 heavy (non-hydrogen) atoms. The van der Waals surface area contributed by atoms with Crippen molar-refractivity contribution < 1.29 is 19.5 Å². The summed E-state index contributed by atoms with van der Waals surface area (Å²) in [5.41, 5.74) is 1.42. The highest BCUT2D eigenvalue weighted by molar-refractivity contribution is 9.09. The number of alkyl halides is 1. The van der Waals surface area contributed by atoms with E-state index in [9.17, 15) is 19.5 Å². The van der Waals surface area contributed by atoms with Gasteiger partial charge in [-0.3, -0.25) is 14.4 Å². The zero-order valence-electron chi connectivity index (χ0n) is 25.0. The van der Waals surface area contributed by atoms with E-state index in [1.807, 2.05) is 39.8 Å². The Morgan fingerprint density at radius 2 is 1.95 bits per heavy atom. The van der Waals surface area contributed by atoms with Crippen LogP contribution in [0.15, 0.2) is 43.5 Å². The molecule has 0 saturated carbocycles. The van der Waals surface area contributed by atoms with Crippen LogP contribution in [0.4, 0.5) is 5.69 Å². The minimum atomic E-state index is -0.881. The topological polar surface area (TPSA) is 81.2 Å². The van der Waals surface area contributed by atoms with Gasteiger partial charge in [0.1, 0.15) is 6.04 Å². The van der Waals surface area contributed by atoms with Crippen molar-refractivity contribution in [2.24, 2.45) is 17.8 Å². The number of aliphatic hydroxyl groups is 1. The quantitative estimate of drug-likeness (QED) is 0.221. The second-order valence-corrected chi connectivity index (χ2v) is 15.2. The van der Waals surface area contributed by atoms with Gasteiger partial charge in [-0.05, 0) is 43.7 Å². The summed E-state index contributed by atoms with van der Waals surface area (Å²) in [7, 11) is 0. The highest BCUT2D eigenvalue weighted by Gasteiger charge is 2.76. The van der Waals surface area contributed by atoms with Crippen LogP contribution < -0.4 is 4.90 Å². The number of aliphatic hydroxyl groups excluding tert-OH is 1. The first-order chi connectivity index (χ1) is 20.0. The van der Waals surface area contributed by atoms with Crippen LogP contribution in [0.1, 0.15) is 45.6 Å². The molecule has 0 radical (unpaired) electrons. The third-order valence-corrected chi connectivity index (χ3v) is 12.3. The SMILES string of the molecule is C=CCN(CCC)C(=O)[C@H]1[C@@H]2SC3(CC2Br)C(C(=O)N(CC=C)c2c(C)cccc2Cl)N([C@@H](CO)CC(C)C)C(=O)[C@H]13. The normalized spacial score (nSPS) is 28.6. The summed E-state index contributed by atoms with van der Waals surface area (Å²) in [6.45, 7) is 16.6. The van der Waals surface area contributed by atoms with E-state index < -0.39 is 28.7 Å². The summed E-state index contributed by atoms with van der Waals surface area (Å²) in [6.07, 6.45) is 5.25. The fraction of sp³-hybridized carbons (Fsp3) is 0.594. The first kappa shape index (κ1) is 33.1. The van der Waals surface area contributed by atoms with E-state index in [0.29, 0.717) is 36.6 Å². The summed E-state index contributed by atoms with van der Waals surface area (Å²) < 4.78 is -0.835. The molecule has 3 unspecified atom stereocenters. The van der Waals surface area contributed by atoms with Crippen LogP contribution in [-0.4, -0.2) is 85.8 Å². The van der Waals surface area contributed by atoms with Gasteiger partial charge in [-0.1, -0.05) is 72.6 Å². The van der Waals surface area contributed by atoms with Gasteiger partial charge in [0.05, 0.1) is 39.9 Å². The molecule has 3 aliphatic heterocycles. The number of aryl methyl sites for hydroxylation is 1. The number of fused-ring (bicyclic) bond motifs is 1. The molecule has 1 N–H and O–H groups in total. The number of nitrogens with zero attached hydrogens (tertiary/aromatic N) is 3. The number of thioether (sulfide) groups is 1. The molecule has 2 bridgehead atoms. The Morgan fingerprint density at radius 1 is 1.26 bits per heavy atom. The van der Waals surface area contributed by atoms with Crippen LogP contribution in [0.2, 0.25) is 5.02 Å². The zero-order chi connectivity index (χ0) is 30.9. The smallest absolute Gasteiger partial charge is 0.251 e. The lowest BCUT2D eigenvalue weighted by atomic mass is 9.70. The molecular weight excluding hydrogens is 638 g/mol. The number of halogens is 2. The van der Waals surface area contributed by atoms with E-state index >= 15 is 0 Å². The summed E-state index contributed by atoms with van der Waals surface area (Å²) in [5.74, 6) is -1.63. The molecule has 3 aliphatic rings. The van der Waals surface area contributed by atoms with Gasteiger partial charge in [-0.25, -0.2) is 0 Å². The Hall–Kier alpha value is -1.81. The second kappa shape index (κ2) is 13.4. The Morgan fingerprint density at radius 3 is 2.52 bits per heavy atom. The van der Waals surface area contributed by atoms with E-state index in [1.54, 1.807) is 44.7 Å². The average molecular weight is 681 g/mol. The van der Waals surface area contributed by atoms with Crippen LogP contribution in [0, 0.1) is 24.7 Å². The molecule has 230 valence electrons. The molecule has 3 amide bonds. The molecule has 3 heterocycles. The molecule has 7 atom stereocenters. The van der Waals surface area contributed by atoms with E-state index in [1.165, 1.54) is 0 Å². The van der Waals surface area contributed by atoms with Gasteiger partial charge in [0.25, 0.3) is 5.91 Å². The molecule has 3 fully saturated rings. The van der Waals surface area contributed by atoms with Gasteiger partial charge in [0, 0.05) is 29.7 Å². The van der Waals surface area contributed by atoms with Crippen molar-refractivity contribution >= 4 is 62.7 Å². The molecule has 3 saturated heterocycles. The number of rotatable bonds is 13. The van der Waals surface area contributed by atoms with Crippen molar-refractivity contribution in [3.05, 3.63) is 54.1 Å². The molecule has 0 aromatic heterocycles. The molecule has 1 spiro atoms. The molecule has 0 aliphatic carbocycles. The predicted molar refractivity (Wildman–Crippen MR) is 175 cm³/mol. The molecule has 10 heteroatoms. The maximum Gasteiger partial charge on any atom is 0.251 e. The third kappa shape index (κ3) is 5.59. The van der Waals surface area contributed by atoms with E-state index in [4.69, 9.17) is 11.6 Å². The number of para-hydroxylation sites is 1. The molecule has 1 aromatic carbocycles. The van der Waals surface area contributed by atoms with Gasteiger partial charge in [0.2, 0.25) is 11.8 Å². The second-order valence-electron chi connectivity index (χ2n) is 12.1. The van der Waals surface area contributed by atoms with Gasteiger partial charge in [-0.15, -0.1) is 24.9 Å². The lowest BCUT2D eigenvalue weighted by Gasteiger charge is -2.40. The molecule has 4 rings (SSSR count). The number of hydrogen-bond acceptors (Lipinski definition) is 5. The van der Waals surface area contributed by atoms with Gasteiger partial charge in [0.15, 0.2) is 0 Å². The monoisotopic (exact) mass is 679 g/mol. The Balaban J connectivity index is 1.88. The Labute approximate surface area is 267 Å². The lowest BCUT2D eigenvalue weighted by molar-refractivity contribution is -0.145. The van der Waals surface area contributed by atoms with Crippen LogP contribution in [0.3, 0.4) is 0 Å². The molecule has 7 nitrogen and oxygen atoms in total. The predicted octanol–water partition coefficient (Wildman–Crippen LogP) is 5.46. The fourth-order valence-corrected chi connectivity index (χ4v) is 11.2. The number of amides is 3. The van der Waals surface area contributed by atoms with Crippen LogP contribution in [0.25, 0.3) is 0 Å². The lowest BCUT2D eigenvalue weighted by Crippen LogP contribution is -2.58. The summed E-state index contributed by atoms with van der Waals surface area (Å²) in [6, 6.07) is 4.05. The number of benzene rings is 1. The summed E-state index contributed by atoms with van der Waals surface area (Å²) in [4.78, 5) is 48.8.